The summed E-state index contributed by atoms with van der Waals surface area (Å²) < 4.78 is 0. The third-order valence-electron chi connectivity index (χ3n) is 13.8. The second kappa shape index (κ2) is 12.1. The number of nitrogens with one attached hydrogen (secondary N) is 2. The molecule has 6 rings (SSSR count). The highest BCUT2D eigenvalue weighted by Crippen LogP contribution is 2.59. The fraction of sp³-hybridized carbons (Fsp3) is 0.667. The molecule has 0 aliphatic heterocycles. The predicted octanol–water partition coefficient (Wildman–Crippen LogP) is 8.89. The minimum Gasteiger partial charge on any atom is -0.354 e. The van der Waals surface area contributed by atoms with Crippen LogP contribution in [0, 0.1) is 22.7 Å². The van der Waals surface area contributed by atoms with E-state index in [4.69, 9.17) is 0 Å². The first kappa shape index (κ1) is 33.3. The van der Waals surface area contributed by atoms with Crippen LogP contribution in [-0.4, -0.2) is 24.9 Å². The summed E-state index contributed by atoms with van der Waals surface area (Å²) in [6, 6.07) is 14.2. The molecule has 0 heterocycles. The summed E-state index contributed by atoms with van der Waals surface area (Å²) in [4.78, 5) is 27.9. The van der Waals surface area contributed by atoms with Crippen LogP contribution in [0.1, 0.15) is 152 Å². The van der Waals surface area contributed by atoms with Gasteiger partial charge in [-0.15, -0.1) is 0 Å². The van der Waals surface area contributed by atoms with E-state index < -0.39 is 10.8 Å². The van der Waals surface area contributed by atoms with Crippen LogP contribution in [0.3, 0.4) is 0 Å². The molecule has 4 heteroatoms. The van der Waals surface area contributed by atoms with Gasteiger partial charge in [-0.25, -0.2) is 0 Å². The Balaban J connectivity index is 1.09. The maximum absolute atomic E-state index is 14.0. The van der Waals surface area contributed by atoms with Crippen molar-refractivity contribution in [3.63, 3.8) is 0 Å². The predicted molar refractivity (Wildman–Crippen MR) is 189 cm³/mol. The van der Waals surface area contributed by atoms with E-state index in [1.807, 2.05) is 0 Å². The molecule has 2 aromatic rings. The van der Waals surface area contributed by atoms with Gasteiger partial charge in [0.1, 0.15) is 0 Å². The Bertz CT molecular complexity index is 1380. The molecule has 46 heavy (non-hydrogen) atoms. The van der Waals surface area contributed by atoms with Crippen LogP contribution in [0.5, 0.6) is 0 Å². The highest BCUT2D eigenvalue weighted by atomic mass is 16.2. The summed E-state index contributed by atoms with van der Waals surface area (Å²) in [7, 11) is 0. The second-order valence-corrected chi connectivity index (χ2v) is 17.2. The summed E-state index contributed by atoms with van der Waals surface area (Å²) >= 11 is 0. The molecule has 4 aliphatic carbocycles. The first-order chi connectivity index (χ1) is 21.7. The topological polar surface area (TPSA) is 58.2 Å². The number of hydrogen-bond acceptors (Lipinski definition) is 2. The van der Waals surface area contributed by atoms with E-state index in [9.17, 15) is 9.59 Å². The Hall–Kier alpha value is -2.62. The quantitative estimate of drug-likeness (QED) is 0.302. The van der Waals surface area contributed by atoms with Gasteiger partial charge >= 0.3 is 0 Å². The summed E-state index contributed by atoms with van der Waals surface area (Å²) in [5.41, 5.74) is 8.02. The second-order valence-electron chi connectivity index (χ2n) is 17.2. The fourth-order valence-electron chi connectivity index (χ4n) is 11.0. The normalized spacial score (nSPS) is 33.4. The van der Waals surface area contributed by atoms with Crippen molar-refractivity contribution in [3.05, 3.63) is 69.8 Å². The Morgan fingerprint density at radius 3 is 1.41 bits per heavy atom. The van der Waals surface area contributed by atoms with Gasteiger partial charge in [-0.3, -0.25) is 9.59 Å². The maximum Gasteiger partial charge on any atom is 0.226 e. The van der Waals surface area contributed by atoms with Crippen LogP contribution in [0.4, 0.5) is 0 Å². The maximum atomic E-state index is 14.0. The third-order valence-corrected chi connectivity index (χ3v) is 13.8. The van der Waals surface area contributed by atoms with Crippen molar-refractivity contribution < 1.29 is 9.59 Å². The van der Waals surface area contributed by atoms with E-state index >= 15 is 0 Å². The molecule has 0 spiro atoms. The number of hydrogen-bond donors (Lipinski definition) is 2. The number of rotatable bonds is 7. The van der Waals surface area contributed by atoms with E-state index in [0.717, 1.165) is 64.2 Å². The van der Waals surface area contributed by atoms with Gasteiger partial charge in [0.25, 0.3) is 0 Å². The average molecular weight is 625 g/mol. The molecule has 0 bridgehead atoms. The van der Waals surface area contributed by atoms with Crippen LogP contribution in [-0.2, 0) is 33.3 Å². The van der Waals surface area contributed by atoms with E-state index in [2.05, 4.69) is 102 Å². The van der Waals surface area contributed by atoms with Crippen LogP contribution >= 0.6 is 0 Å². The van der Waals surface area contributed by atoms with Crippen LogP contribution in [0.15, 0.2) is 36.4 Å². The summed E-state index contributed by atoms with van der Waals surface area (Å²) in [5, 5.41) is 6.60. The number of carbonyl (C=O) groups is 2. The van der Waals surface area contributed by atoms with Crippen molar-refractivity contribution in [2.75, 3.05) is 13.1 Å². The molecule has 2 fully saturated rings. The third kappa shape index (κ3) is 5.34. The number of aryl methyl sites for hydroxylation is 2. The zero-order valence-electron chi connectivity index (χ0n) is 30.1. The molecule has 2 aromatic carbocycles. The number of benzene rings is 2. The summed E-state index contributed by atoms with van der Waals surface area (Å²) in [6.07, 6.45) is 10.5. The van der Waals surface area contributed by atoms with Crippen molar-refractivity contribution in [2.45, 2.75) is 142 Å². The van der Waals surface area contributed by atoms with Gasteiger partial charge < -0.3 is 10.6 Å². The Labute approximate surface area is 279 Å². The van der Waals surface area contributed by atoms with Gasteiger partial charge in [0.15, 0.2) is 0 Å². The van der Waals surface area contributed by atoms with E-state index in [1.54, 1.807) is 0 Å². The molecule has 2 saturated carbocycles. The molecule has 2 unspecified atom stereocenters. The molecule has 6 atom stereocenters. The SMILES string of the molecule is CC(C)c1ccc2c(c1)CCC1[C@](C)(C(=O)NCCNC(=O)[C@]3(C)CCC[C@]4(C)c5ccc(C(C)C)cc5CCC34)CCC[C@]21C. The zero-order chi connectivity index (χ0) is 33.1. The Kier molecular flexibility index (Phi) is 8.77. The smallest absolute Gasteiger partial charge is 0.226 e. The van der Waals surface area contributed by atoms with Gasteiger partial charge in [-0.05, 0) is 119 Å². The fourth-order valence-corrected chi connectivity index (χ4v) is 11.0. The van der Waals surface area contributed by atoms with E-state index in [0.29, 0.717) is 36.8 Å². The molecule has 0 radical (unpaired) electrons. The van der Waals surface area contributed by atoms with Gasteiger partial charge in [0.05, 0.1) is 10.8 Å². The number of carbonyl (C=O) groups excluding carboxylic acids is 2. The highest BCUT2D eigenvalue weighted by molar-refractivity contribution is 5.84. The molecule has 250 valence electrons. The monoisotopic (exact) mass is 624 g/mol. The van der Waals surface area contributed by atoms with E-state index in [-0.39, 0.29) is 22.6 Å². The number of fused-ring (bicyclic) bond motifs is 6. The van der Waals surface area contributed by atoms with Crippen molar-refractivity contribution >= 4 is 11.8 Å². The lowest BCUT2D eigenvalue weighted by molar-refractivity contribution is -0.140. The zero-order valence-corrected chi connectivity index (χ0v) is 30.1. The largest absolute Gasteiger partial charge is 0.354 e. The summed E-state index contributed by atoms with van der Waals surface area (Å²) in [5.74, 6) is 2.04. The van der Waals surface area contributed by atoms with Gasteiger partial charge in [-0.2, -0.15) is 0 Å². The lowest BCUT2D eigenvalue weighted by Crippen LogP contribution is -2.57. The molecule has 2 amide bonds. The highest BCUT2D eigenvalue weighted by Gasteiger charge is 2.56. The van der Waals surface area contributed by atoms with Crippen molar-refractivity contribution in [1.82, 2.24) is 10.6 Å². The first-order valence-corrected chi connectivity index (χ1v) is 18.6. The Morgan fingerprint density at radius 2 is 1.04 bits per heavy atom. The number of amides is 2. The molecule has 4 aliphatic rings. The van der Waals surface area contributed by atoms with Crippen molar-refractivity contribution in [2.24, 2.45) is 22.7 Å². The van der Waals surface area contributed by atoms with Crippen LogP contribution < -0.4 is 10.6 Å². The lowest BCUT2D eigenvalue weighted by Gasteiger charge is -2.54. The Morgan fingerprint density at radius 1 is 0.652 bits per heavy atom. The summed E-state index contributed by atoms with van der Waals surface area (Å²) in [6.45, 7) is 19.3. The van der Waals surface area contributed by atoms with Gasteiger partial charge in [-0.1, -0.05) is 105 Å². The molecular weight excluding hydrogens is 564 g/mol. The first-order valence-electron chi connectivity index (χ1n) is 18.6. The molecule has 2 N–H and O–H groups in total. The minimum absolute atomic E-state index is 0.0266. The minimum atomic E-state index is -0.395. The molecular formula is C42H60N2O2. The van der Waals surface area contributed by atoms with Crippen molar-refractivity contribution in [3.8, 4) is 0 Å². The molecule has 0 saturated heterocycles. The van der Waals surface area contributed by atoms with E-state index in [1.165, 1.54) is 33.4 Å². The van der Waals surface area contributed by atoms with Crippen LogP contribution in [0.25, 0.3) is 0 Å². The average Bonchev–Trinajstić information content (AvgIpc) is 3.02. The lowest BCUT2D eigenvalue weighted by atomic mass is 9.49. The standard InChI is InChI=1S/C42H60N2O2/c1-27(2)29-11-15-33-31(25-29)13-17-35-39(33,5)19-9-21-41(35,7)37(45)43-23-24-44-38(46)42(8)22-10-20-40(6)34-16-12-30(28(3)4)26-32(34)14-18-36(40)42/h11-12,15-16,25-28,35-36H,9-10,13-14,17-24H2,1-8H3,(H,43,45)(H,44,46)/t35?,36?,39-,40-,41-,42-/m1/s1. The van der Waals surface area contributed by atoms with Crippen molar-refractivity contribution in [1.29, 1.82) is 0 Å². The van der Waals surface area contributed by atoms with Gasteiger partial charge in [0.2, 0.25) is 11.8 Å². The van der Waals surface area contributed by atoms with Gasteiger partial charge in [0, 0.05) is 13.1 Å². The molecule has 4 nitrogen and oxygen atoms in total. The molecule has 0 aromatic heterocycles. The van der Waals surface area contributed by atoms with Crippen LogP contribution in [0.2, 0.25) is 0 Å².